The van der Waals surface area contributed by atoms with Gasteiger partial charge in [0.1, 0.15) is 23.8 Å². The molecule has 1 N–H and O–H groups in total. The summed E-state index contributed by atoms with van der Waals surface area (Å²) in [6.07, 6.45) is 1.32. The number of para-hydroxylation sites is 1. The molecule has 2 aromatic rings. The van der Waals surface area contributed by atoms with E-state index in [0.717, 1.165) is 5.56 Å². The largest absolute Gasteiger partial charge is 0.484 e. The van der Waals surface area contributed by atoms with E-state index < -0.39 is 22.8 Å². The minimum Gasteiger partial charge on any atom is -0.484 e. The number of hydrogen-bond acceptors (Lipinski definition) is 8. The van der Waals surface area contributed by atoms with Crippen molar-refractivity contribution in [1.29, 1.82) is 0 Å². The molecule has 2 heterocycles. The molecule has 0 spiro atoms. The number of methoxy groups -OCH3 is 1. The summed E-state index contributed by atoms with van der Waals surface area (Å²) >= 11 is 1.56. The van der Waals surface area contributed by atoms with Gasteiger partial charge in [0.25, 0.3) is 5.91 Å². The fourth-order valence-corrected chi connectivity index (χ4v) is 5.90. The van der Waals surface area contributed by atoms with Crippen LogP contribution in [0, 0.1) is 0 Å². The lowest BCUT2D eigenvalue weighted by atomic mass is 9.93. The molecule has 0 aromatic heterocycles. The fraction of sp³-hybridized carbons (Fsp3) is 0.346. The number of nitrogens with one attached hydrogen (secondary N) is 1. The van der Waals surface area contributed by atoms with E-state index in [2.05, 4.69) is 5.32 Å². The van der Waals surface area contributed by atoms with Gasteiger partial charge in [-0.25, -0.2) is 9.59 Å². The molecule has 184 valence electrons. The van der Waals surface area contributed by atoms with Crippen molar-refractivity contribution in [3.63, 3.8) is 0 Å². The monoisotopic (exact) mass is 496 g/mol. The van der Waals surface area contributed by atoms with Crippen molar-refractivity contribution in [2.45, 2.75) is 42.7 Å². The maximum Gasteiger partial charge on any atom is 0.332 e. The quantitative estimate of drug-likeness (QED) is 0.441. The number of esters is 2. The van der Waals surface area contributed by atoms with E-state index in [1.807, 2.05) is 67.3 Å². The van der Waals surface area contributed by atoms with Crippen LogP contribution >= 0.6 is 11.8 Å². The smallest absolute Gasteiger partial charge is 0.332 e. The first-order valence-corrected chi connectivity index (χ1v) is 12.1. The summed E-state index contributed by atoms with van der Waals surface area (Å²) in [6, 6.07) is 17.4. The highest BCUT2D eigenvalue weighted by Gasteiger charge is 2.62. The normalized spacial score (nSPS) is 23.1. The molecular weight excluding hydrogens is 468 g/mol. The van der Waals surface area contributed by atoms with Crippen LogP contribution in [0.3, 0.4) is 0 Å². The maximum atomic E-state index is 13.2. The van der Waals surface area contributed by atoms with Gasteiger partial charge in [-0.05, 0) is 31.5 Å². The summed E-state index contributed by atoms with van der Waals surface area (Å²) in [6.45, 7) is 3.90. The Morgan fingerprint density at radius 1 is 1.06 bits per heavy atom. The molecular formula is C26H28N2O6S. The summed E-state index contributed by atoms with van der Waals surface area (Å²) in [5, 5.41) is 2.70. The number of hydrogen-bond donors (Lipinski definition) is 1. The Bertz CT molecular complexity index is 1110. The van der Waals surface area contributed by atoms with E-state index in [-0.39, 0.29) is 30.5 Å². The minimum atomic E-state index is -0.633. The Morgan fingerprint density at radius 2 is 1.71 bits per heavy atom. The molecule has 0 aliphatic carbocycles. The number of thioether (sulfide) groups is 1. The summed E-state index contributed by atoms with van der Waals surface area (Å²) in [4.78, 5) is 39.8. The second kappa shape index (κ2) is 10.4. The highest BCUT2D eigenvalue weighted by Crippen LogP contribution is 2.54. The third kappa shape index (κ3) is 5.45. The molecule has 2 fully saturated rings. The number of benzene rings is 2. The van der Waals surface area contributed by atoms with Crippen molar-refractivity contribution in [2.75, 3.05) is 13.7 Å². The first-order chi connectivity index (χ1) is 16.8. The Kier molecular flexibility index (Phi) is 7.35. The van der Waals surface area contributed by atoms with E-state index in [0.29, 0.717) is 11.4 Å². The summed E-state index contributed by atoms with van der Waals surface area (Å²) in [5.74, 6) is -0.699. The maximum absolute atomic E-state index is 13.2. The molecule has 2 saturated heterocycles. The van der Waals surface area contributed by atoms with Crippen LogP contribution in [0.25, 0.3) is 0 Å². The van der Waals surface area contributed by atoms with Crippen LogP contribution in [-0.2, 0) is 30.5 Å². The highest BCUT2D eigenvalue weighted by molar-refractivity contribution is 8.01. The Labute approximate surface area is 208 Å². The lowest BCUT2D eigenvalue weighted by Gasteiger charge is -2.48. The van der Waals surface area contributed by atoms with Gasteiger partial charge in [0.05, 0.1) is 13.2 Å². The van der Waals surface area contributed by atoms with Gasteiger partial charge in [-0.3, -0.25) is 4.79 Å². The van der Waals surface area contributed by atoms with Gasteiger partial charge in [-0.15, -0.1) is 11.8 Å². The van der Waals surface area contributed by atoms with Gasteiger partial charge in [-0.1, -0.05) is 48.5 Å². The van der Waals surface area contributed by atoms with Crippen molar-refractivity contribution >= 4 is 29.6 Å². The average Bonchev–Trinajstić information content (AvgIpc) is 3.11. The van der Waals surface area contributed by atoms with Crippen molar-refractivity contribution in [3.8, 4) is 5.75 Å². The number of nitrogens with zero attached hydrogens (tertiary/aromatic N) is 1. The SMILES string of the molecule is COC(=O)/C=C1/[C@@H](NC(=O)COc2ccccc2)[C@H]2SC(C)(C)[C@H](C(=O)OCc3ccccc3)N12. The second-order valence-electron chi connectivity index (χ2n) is 8.75. The van der Waals surface area contributed by atoms with Crippen LogP contribution in [0.15, 0.2) is 72.4 Å². The van der Waals surface area contributed by atoms with E-state index >= 15 is 0 Å². The zero-order valence-electron chi connectivity index (χ0n) is 19.8. The van der Waals surface area contributed by atoms with Gasteiger partial charge < -0.3 is 24.4 Å². The number of rotatable bonds is 8. The third-order valence-electron chi connectivity index (χ3n) is 5.88. The van der Waals surface area contributed by atoms with Crippen molar-refractivity contribution < 1.29 is 28.6 Å². The molecule has 2 aromatic carbocycles. The summed E-state index contributed by atoms with van der Waals surface area (Å²) < 4.78 is 15.5. The lowest BCUT2D eigenvalue weighted by Crippen LogP contribution is -2.65. The predicted octanol–water partition coefficient (Wildman–Crippen LogP) is 2.89. The van der Waals surface area contributed by atoms with Crippen molar-refractivity contribution in [1.82, 2.24) is 10.2 Å². The Balaban J connectivity index is 1.47. The minimum absolute atomic E-state index is 0.155. The fourth-order valence-electron chi connectivity index (χ4n) is 4.24. The zero-order chi connectivity index (χ0) is 25.0. The molecule has 4 rings (SSSR count). The molecule has 8 nitrogen and oxygen atoms in total. The summed E-state index contributed by atoms with van der Waals surface area (Å²) in [7, 11) is 1.28. The van der Waals surface area contributed by atoms with Crippen LogP contribution in [0.5, 0.6) is 5.75 Å². The molecule has 35 heavy (non-hydrogen) atoms. The van der Waals surface area contributed by atoms with Crippen molar-refractivity contribution in [2.24, 2.45) is 0 Å². The molecule has 9 heteroatoms. The van der Waals surface area contributed by atoms with Gasteiger partial charge in [-0.2, -0.15) is 0 Å². The molecule has 0 radical (unpaired) electrons. The van der Waals surface area contributed by atoms with Crippen LogP contribution in [0.2, 0.25) is 0 Å². The van der Waals surface area contributed by atoms with Crippen LogP contribution < -0.4 is 10.1 Å². The van der Waals surface area contributed by atoms with E-state index in [4.69, 9.17) is 14.2 Å². The average molecular weight is 497 g/mol. The van der Waals surface area contributed by atoms with Gasteiger partial charge >= 0.3 is 11.9 Å². The van der Waals surface area contributed by atoms with Crippen LogP contribution in [0.4, 0.5) is 0 Å². The lowest BCUT2D eigenvalue weighted by molar-refractivity contribution is -0.153. The zero-order valence-corrected chi connectivity index (χ0v) is 20.6. The molecule has 2 aliphatic heterocycles. The number of fused-ring (bicyclic) bond motifs is 1. The van der Waals surface area contributed by atoms with Crippen LogP contribution in [0.1, 0.15) is 19.4 Å². The molecule has 1 amide bonds. The van der Waals surface area contributed by atoms with E-state index in [1.54, 1.807) is 23.9 Å². The van der Waals surface area contributed by atoms with Crippen molar-refractivity contribution in [3.05, 3.63) is 78.0 Å². The topological polar surface area (TPSA) is 94.2 Å². The Hall–Kier alpha value is -3.46. The molecule has 3 atom stereocenters. The predicted molar refractivity (Wildman–Crippen MR) is 131 cm³/mol. The highest BCUT2D eigenvalue weighted by atomic mass is 32.2. The number of ether oxygens (including phenoxy) is 3. The summed E-state index contributed by atoms with van der Waals surface area (Å²) in [5.41, 5.74) is 1.40. The van der Waals surface area contributed by atoms with E-state index in [9.17, 15) is 14.4 Å². The first kappa shape index (κ1) is 24.7. The number of carbonyl (C=O) groups excluding carboxylic acids is 3. The van der Waals surface area contributed by atoms with Gasteiger partial charge in [0.2, 0.25) is 0 Å². The third-order valence-corrected chi connectivity index (χ3v) is 7.45. The number of amides is 1. The standard InChI is InChI=1S/C26H28N2O6S/c1-26(2)23(25(31)34-15-17-10-6-4-7-11-17)28-19(14-21(30)32-3)22(24(28)35-26)27-20(29)16-33-18-12-8-5-9-13-18/h4-14,22-24H,15-16H2,1-3H3,(H,27,29)/b19-14-/t22-,23+,24-/m1/s1. The Morgan fingerprint density at radius 3 is 2.37 bits per heavy atom. The van der Waals surface area contributed by atoms with Gasteiger partial charge in [0, 0.05) is 16.5 Å². The molecule has 2 aliphatic rings. The van der Waals surface area contributed by atoms with Gasteiger partial charge in [0.15, 0.2) is 6.61 Å². The first-order valence-electron chi connectivity index (χ1n) is 11.2. The van der Waals surface area contributed by atoms with Crippen LogP contribution in [-0.4, -0.2) is 58.7 Å². The number of carbonyl (C=O) groups is 3. The second-order valence-corrected chi connectivity index (χ2v) is 10.5. The molecule has 0 bridgehead atoms. The molecule has 0 saturated carbocycles. The van der Waals surface area contributed by atoms with E-state index in [1.165, 1.54) is 13.2 Å². The molecule has 0 unspecified atom stereocenters.